The first-order valence-electron chi connectivity index (χ1n) is 10.6. The van der Waals surface area contributed by atoms with E-state index in [0.29, 0.717) is 21.5 Å². The van der Waals surface area contributed by atoms with Gasteiger partial charge in [0.1, 0.15) is 5.01 Å². The van der Waals surface area contributed by atoms with Gasteiger partial charge in [-0.25, -0.2) is 4.98 Å². The highest BCUT2D eigenvalue weighted by Gasteiger charge is 2.18. The molecule has 2 aromatic heterocycles. The van der Waals surface area contributed by atoms with Crippen LogP contribution in [0.4, 0.5) is 0 Å². The van der Waals surface area contributed by atoms with Crippen LogP contribution in [0.25, 0.3) is 27.7 Å². The van der Waals surface area contributed by atoms with Gasteiger partial charge in [0.05, 0.1) is 23.3 Å². The number of halogens is 1. The Kier molecular flexibility index (Phi) is 5.96. The zero-order valence-electron chi connectivity index (χ0n) is 18.2. The van der Waals surface area contributed by atoms with Gasteiger partial charge in [-0.15, -0.1) is 11.3 Å². The van der Waals surface area contributed by atoms with Crippen LogP contribution in [-0.2, 0) is 6.54 Å². The number of thiazole rings is 1. The van der Waals surface area contributed by atoms with Crippen LogP contribution in [0.2, 0.25) is 5.02 Å². The van der Waals surface area contributed by atoms with Gasteiger partial charge >= 0.3 is 0 Å². The fraction of sp³-hybridized carbons (Fsp3) is 0.0769. The summed E-state index contributed by atoms with van der Waals surface area (Å²) in [5.74, 6) is -0.373. The molecular formula is C26H19ClN4O2S. The maximum atomic E-state index is 13.2. The second-order valence-electron chi connectivity index (χ2n) is 7.65. The number of aryl methyl sites for hydroxylation is 1. The number of hydrogen-bond donors (Lipinski definition) is 1. The number of fused-ring (bicyclic) bond motifs is 1. The van der Waals surface area contributed by atoms with Gasteiger partial charge in [0, 0.05) is 20.8 Å². The van der Waals surface area contributed by atoms with E-state index >= 15 is 0 Å². The van der Waals surface area contributed by atoms with Crippen LogP contribution in [0.3, 0.4) is 0 Å². The normalized spacial score (nSPS) is 11.0. The predicted molar refractivity (Wildman–Crippen MR) is 136 cm³/mol. The first kappa shape index (κ1) is 22.0. The van der Waals surface area contributed by atoms with Gasteiger partial charge in [-0.3, -0.25) is 9.59 Å². The lowest BCUT2D eigenvalue weighted by atomic mass is 10.1. The molecule has 0 spiro atoms. The lowest BCUT2D eigenvalue weighted by Gasteiger charge is -2.11. The average Bonchev–Trinajstić information content (AvgIpc) is 3.24. The fourth-order valence-electron chi connectivity index (χ4n) is 3.74. The first-order chi connectivity index (χ1) is 16.5. The van der Waals surface area contributed by atoms with E-state index in [9.17, 15) is 9.59 Å². The molecule has 0 saturated carbocycles. The van der Waals surface area contributed by atoms with Gasteiger partial charge < -0.3 is 5.32 Å². The van der Waals surface area contributed by atoms with E-state index in [-0.39, 0.29) is 23.7 Å². The maximum Gasteiger partial charge on any atom is 0.279 e. The number of aromatic nitrogens is 3. The van der Waals surface area contributed by atoms with Crippen molar-refractivity contribution in [2.24, 2.45) is 0 Å². The molecule has 168 valence electrons. The molecule has 1 N–H and O–H groups in total. The topological polar surface area (TPSA) is 76.9 Å². The number of benzene rings is 3. The van der Waals surface area contributed by atoms with Crippen LogP contribution in [0.1, 0.15) is 20.4 Å². The molecule has 0 radical (unpaired) electrons. The quantitative estimate of drug-likeness (QED) is 0.361. The molecule has 0 aliphatic heterocycles. The summed E-state index contributed by atoms with van der Waals surface area (Å²) in [6, 6.07) is 23.6. The number of para-hydroxylation sites is 1. The summed E-state index contributed by atoms with van der Waals surface area (Å²) in [4.78, 5) is 32.0. The van der Waals surface area contributed by atoms with Gasteiger partial charge in [-0.1, -0.05) is 60.1 Å². The van der Waals surface area contributed by atoms with Gasteiger partial charge in [-0.2, -0.15) is 9.78 Å². The maximum absolute atomic E-state index is 13.2. The molecule has 34 heavy (non-hydrogen) atoms. The summed E-state index contributed by atoms with van der Waals surface area (Å²) in [5, 5.41) is 9.72. The van der Waals surface area contributed by atoms with Crippen molar-refractivity contribution in [2.45, 2.75) is 13.5 Å². The minimum Gasteiger partial charge on any atom is -0.344 e. The molecule has 5 rings (SSSR count). The molecule has 2 heterocycles. The number of carbonyl (C=O) groups excluding carboxylic acids is 1. The largest absolute Gasteiger partial charge is 0.344 e. The Morgan fingerprint density at radius 1 is 0.971 bits per heavy atom. The van der Waals surface area contributed by atoms with Crippen molar-refractivity contribution in [1.82, 2.24) is 20.1 Å². The second kappa shape index (κ2) is 9.21. The van der Waals surface area contributed by atoms with Crippen LogP contribution in [0.15, 0.2) is 83.7 Å². The predicted octanol–water partition coefficient (Wildman–Crippen LogP) is 5.40. The molecule has 0 unspecified atom stereocenters. The minimum absolute atomic E-state index is 0.185. The highest BCUT2D eigenvalue weighted by Crippen LogP contribution is 2.28. The van der Waals surface area contributed by atoms with E-state index in [2.05, 4.69) is 10.4 Å². The molecule has 0 bridgehead atoms. The number of amides is 1. The zero-order chi connectivity index (χ0) is 23.7. The van der Waals surface area contributed by atoms with Crippen molar-refractivity contribution < 1.29 is 4.79 Å². The Labute approximate surface area is 204 Å². The summed E-state index contributed by atoms with van der Waals surface area (Å²) >= 11 is 7.52. The van der Waals surface area contributed by atoms with Crippen LogP contribution in [0.5, 0.6) is 0 Å². The SMILES string of the molecule is Cc1sc(CNC(=O)c2nn(-c3ccccc3)c(=O)c3ccccc23)nc1-c1ccc(Cl)cc1. The zero-order valence-corrected chi connectivity index (χ0v) is 19.7. The van der Waals surface area contributed by atoms with Gasteiger partial charge in [0.25, 0.3) is 11.5 Å². The van der Waals surface area contributed by atoms with Crippen molar-refractivity contribution in [3.63, 3.8) is 0 Å². The summed E-state index contributed by atoms with van der Waals surface area (Å²) in [7, 11) is 0. The molecule has 0 aliphatic rings. The number of nitrogens with zero attached hydrogens (tertiary/aromatic N) is 3. The third kappa shape index (κ3) is 4.23. The van der Waals surface area contributed by atoms with E-state index < -0.39 is 0 Å². The summed E-state index contributed by atoms with van der Waals surface area (Å²) < 4.78 is 1.27. The smallest absolute Gasteiger partial charge is 0.279 e. The average molecular weight is 487 g/mol. The molecule has 6 nitrogen and oxygen atoms in total. The van der Waals surface area contributed by atoms with Crippen molar-refractivity contribution in [3.8, 4) is 16.9 Å². The molecule has 0 saturated heterocycles. The molecule has 0 aliphatic carbocycles. The molecular weight excluding hydrogens is 468 g/mol. The second-order valence-corrected chi connectivity index (χ2v) is 9.37. The Bertz CT molecular complexity index is 1560. The Balaban J connectivity index is 1.46. The van der Waals surface area contributed by atoms with E-state index in [1.165, 1.54) is 16.0 Å². The molecule has 0 atom stereocenters. The molecule has 5 aromatic rings. The first-order valence-corrected chi connectivity index (χ1v) is 11.8. The molecule has 8 heteroatoms. The number of nitrogens with one attached hydrogen (secondary N) is 1. The lowest BCUT2D eigenvalue weighted by Crippen LogP contribution is -2.29. The monoisotopic (exact) mass is 486 g/mol. The molecule has 0 fully saturated rings. The Morgan fingerprint density at radius 3 is 2.38 bits per heavy atom. The van der Waals surface area contributed by atoms with Gasteiger partial charge in [0.2, 0.25) is 0 Å². The fourth-order valence-corrected chi connectivity index (χ4v) is 4.76. The van der Waals surface area contributed by atoms with E-state index in [4.69, 9.17) is 16.6 Å². The Morgan fingerprint density at radius 2 is 1.65 bits per heavy atom. The van der Waals surface area contributed by atoms with Crippen molar-refractivity contribution in [3.05, 3.63) is 110 Å². The highest BCUT2D eigenvalue weighted by atomic mass is 35.5. The van der Waals surface area contributed by atoms with Crippen LogP contribution in [-0.4, -0.2) is 20.7 Å². The van der Waals surface area contributed by atoms with Crippen molar-refractivity contribution in [2.75, 3.05) is 0 Å². The van der Waals surface area contributed by atoms with Crippen molar-refractivity contribution in [1.29, 1.82) is 0 Å². The van der Waals surface area contributed by atoms with Crippen molar-refractivity contribution >= 4 is 39.6 Å². The number of carbonyl (C=O) groups is 1. The van der Waals surface area contributed by atoms with E-state index in [1.54, 1.807) is 36.4 Å². The number of rotatable bonds is 5. The molecule has 3 aromatic carbocycles. The highest BCUT2D eigenvalue weighted by molar-refractivity contribution is 7.12. The number of hydrogen-bond acceptors (Lipinski definition) is 5. The third-order valence-corrected chi connectivity index (χ3v) is 6.60. The van der Waals surface area contributed by atoms with E-state index in [1.807, 2.05) is 49.4 Å². The standard InChI is InChI=1S/C26H19ClN4O2S/c1-16-23(17-11-13-18(27)14-12-17)29-22(34-16)15-28-25(32)24-20-9-5-6-10-21(20)26(33)31(30-24)19-7-3-2-4-8-19/h2-14H,15H2,1H3,(H,28,32). The van der Waals surface area contributed by atoms with Crippen LogP contribution >= 0.6 is 22.9 Å². The lowest BCUT2D eigenvalue weighted by molar-refractivity contribution is 0.0946. The molecule has 1 amide bonds. The van der Waals surface area contributed by atoms with Gasteiger partial charge in [0.15, 0.2) is 5.69 Å². The Hall–Kier alpha value is -3.81. The van der Waals surface area contributed by atoms with Crippen LogP contribution in [0, 0.1) is 6.92 Å². The minimum atomic E-state index is -0.373. The third-order valence-electron chi connectivity index (χ3n) is 5.38. The van der Waals surface area contributed by atoms with Crippen LogP contribution < -0.4 is 10.9 Å². The summed E-state index contributed by atoms with van der Waals surface area (Å²) in [6.45, 7) is 2.25. The summed E-state index contributed by atoms with van der Waals surface area (Å²) in [6.07, 6.45) is 0. The van der Waals surface area contributed by atoms with E-state index in [0.717, 1.165) is 21.1 Å². The summed E-state index contributed by atoms with van der Waals surface area (Å²) in [5.41, 5.74) is 2.34. The van der Waals surface area contributed by atoms with Gasteiger partial charge in [-0.05, 0) is 37.3 Å².